The second-order valence-corrected chi connectivity index (χ2v) is 6.91. The molecule has 0 unspecified atom stereocenters. The molecule has 1 aromatic carbocycles. The van der Waals surface area contributed by atoms with Gasteiger partial charge in [-0.3, -0.25) is 4.79 Å². The van der Waals surface area contributed by atoms with E-state index in [1.54, 1.807) is 11.0 Å². The molecule has 0 radical (unpaired) electrons. The zero-order chi connectivity index (χ0) is 15.7. The number of carbonyl (C=O) groups is 2. The number of hydrogen-bond acceptors (Lipinski definition) is 3. The van der Waals surface area contributed by atoms with Gasteiger partial charge in [0.25, 0.3) is 5.91 Å². The molecule has 5 nitrogen and oxygen atoms in total. The van der Waals surface area contributed by atoms with Gasteiger partial charge in [0, 0.05) is 16.6 Å². The Kier molecular flexibility index (Phi) is 4.23. The molecule has 6 heteroatoms. The molecule has 1 amide bonds. The number of hydrogen-bond donors (Lipinski definition) is 1. The van der Waals surface area contributed by atoms with Crippen LogP contribution in [0.3, 0.4) is 0 Å². The molecule has 3 rings (SSSR count). The maximum atomic E-state index is 12.7. The molecule has 1 heterocycles. The maximum Gasteiger partial charge on any atom is 0.335 e. The summed E-state index contributed by atoms with van der Waals surface area (Å²) < 4.78 is 6.53. The summed E-state index contributed by atoms with van der Waals surface area (Å²) in [5, 5.41) is 9.13. The topological polar surface area (TPSA) is 66.8 Å². The third-order valence-electron chi connectivity index (χ3n) is 4.44. The van der Waals surface area contributed by atoms with Crippen LogP contribution < -0.4 is 0 Å². The van der Waals surface area contributed by atoms with Crippen molar-refractivity contribution in [2.75, 3.05) is 19.7 Å². The SMILES string of the molecule is O=C(O)c1cc(Br)cc(C(=O)N2CCOC3(CCCC3)C2)c1. The van der Waals surface area contributed by atoms with E-state index in [9.17, 15) is 9.59 Å². The molecule has 1 aliphatic carbocycles. The number of amides is 1. The Balaban J connectivity index is 1.82. The van der Waals surface area contributed by atoms with E-state index in [0.717, 1.165) is 25.7 Å². The Labute approximate surface area is 137 Å². The van der Waals surface area contributed by atoms with Crippen LogP contribution >= 0.6 is 15.9 Å². The smallest absolute Gasteiger partial charge is 0.335 e. The van der Waals surface area contributed by atoms with Crippen molar-refractivity contribution in [3.63, 3.8) is 0 Å². The highest BCUT2D eigenvalue weighted by Gasteiger charge is 2.40. The van der Waals surface area contributed by atoms with Crippen molar-refractivity contribution in [1.82, 2.24) is 4.90 Å². The van der Waals surface area contributed by atoms with Crippen LogP contribution in [0.1, 0.15) is 46.4 Å². The normalized spacial score (nSPS) is 20.3. The molecule has 2 aliphatic rings. The number of aromatic carboxylic acids is 1. The van der Waals surface area contributed by atoms with Gasteiger partial charge in [-0.15, -0.1) is 0 Å². The van der Waals surface area contributed by atoms with Gasteiger partial charge in [-0.05, 0) is 31.0 Å². The lowest BCUT2D eigenvalue weighted by atomic mass is 9.99. The highest BCUT2D eigenvalue weighted by molar-refractivity contribution is 9.10. The quantitative estimate of drug-likeness (QED) is 0.872. The molecule has 22 heavy (non-hydrogen) atoms. The van der Waals surface area contributed by atoms with Crippen LogP contribution in [-0.4, -0.2) is 47.2 Å². The fourth-order valence-electron chi connectivity index (χ4n) is 3.36. The lowest BCUT2D eigenvalue weighted by Crippen LogP contribution is -2.52. The van der Waals surface area contributed by atoms with Crippen molar-refractivity contribution < 1.29 is 19.4 Å². The first-order valence-electron chi connectivity index (χ1n) is 7.46. The lowest BCUT2D eigenvalue weighted by Gasteiger charge is -2.40. The molecular weight excluding hydrogens is 350 g/mol. The van der Waals surface area contributed by atoms with Crippen LogP contribution in [0.25, 0.3) is 0 Å². The van der Waals surface area contributed by atoms with Gasteiger partial charge in [0.05, 0.1) is 24.3 Å². The van der Waals surface area contributed by atoms with Crippen molar-refractivity contribution in [3.05, 3.63) is 33.8 Å². The summed E-state index contributed by atoms with van der Waals surface area (Å²) in [6.45, 7) is 1.70. The summed E-state index contributed by atoms with van der Waals surface area (Å²) in [6, 6.07) is 4.61. The monoisotopic (exact) mass is 367 g/mol. The fourth-order valence-corrected chi connectivity index (χ4v) is 3.85. The minimum atomic E-state index is -1.04. The molecule has 118 valence electrons. The zero-order valence-electron chi connectivity index (χ0n) is 12.2. The molecule has 0 bridgehead atoms. The van der Waals surface area contributed by atoms with Crippen LogP contribution in [0.2, 0.25) is 0 Å². The zero-order valence-corrected chi connectivity index (χ0v) is 13.8. The molecule has 1 saturated carbocycles. The van der Waals surface area contributed by atoms with Gasteiger partial charge in [-0.25, -0.2) is 4.79 Å². The van der Waals surface area contributed by atoms with E-state index in [1.807, 2.05) is 0 Å². The number of carboxylic acid groups (broad SMARTS) is 1. The number of nitrogens with zero attached hydrogens (tertiary/aromatic N) is 1. The van der Waals surface area contributed by atoms with Crippen molar-refractivity contribution in [3.8, 4) is 0 Å². The van der Waals surface area contributed by atoms with Gasteiger partial charge >= 0.3 is 5.97 Å². The molecule has 1 N–H and O–H groups in total. The van der Waals surface area contributed by atoms with E-state index >= 15 is 0 Å². The van der Waals surface area contributed by atoms with Crippen molar-refractivity contribution >= 4 is 27.8 Å². The van der Waals surface area contributed by atoms with E-state index < -0.39 is 5.97 Å². The molecule has 2 fully saturated rings. The van der Waals surface area contributed by atoms with Crippen molar-refractivity contribution in [2.45, 2.75) is 31.3 Å². The number of morpholine rings is 1. The average Bonchev–Trinajstić information content (AvgIpc) is 2.93. The van der Waals surface area contributed by atoms with Crippen molar-refractivity contribution in [2.24, 2.45) is 0 Å². The Morgan fingerprint density at radius 3 is 2.55 bits per heavy atom. The summed E-state index contributed by atoms with van der Waals surface area (Å²) in [5.74, 6) is -1.16. The lowest BCUT2D eigenvalue weighted by molar-refractivity contribution is -0.0948. The van der Waals surface area contributed by atoms with E-state index in [1.165, 1.54) is 12.1 Å². The first-order valence-corrected chi connectivity index (χ1v) is 8.26. The standard InChI is InChI=1S/C16H18BrNO4/c17-13-8-11(7-12(9-13)15(20)21)14(19)18-5-6-22-16(10-18)3-1-2-4-16/h7-9H,1-6,10H2,(H,20,21). The van der Waals surface area contributed by atoms with Gasteiger partial charge in [-0.1, -0.05) is 28.8 Å². The number of benzene rings is 1. The first-order chi connectivity index (χ1) is 10.5. The van der Waals surface area contributed by atoms with Gasteiger partial charge in [-0.2, -0.15) is 0 Å². The molecule has 1 aromatic rings. The molecule has 0 aromatic heterocycles. The van der Waals surface area contributed by atoms with Gasteiger partial charge in [0.15, 0.2) is 0 Å². The summed E-state index contributed by atoms with van der Waals surface area (Å²) in [5.41, 5.74) is 0.332. The number of ether oxygens (including phenoxy) is 1. The molecule has 1 saturated heterocycles. The van der Waals surface area contributed by atoms with Gasteiger partial charge < -0.3 is 14.7 Å². The van der Waals surface area contributed by atoms with Gasteiger partial charge in [0.1, 0.15) is 0 Å². The predicted molar refractivity (Wildman–Crippen MR) is 84.2 cm³/mol. The molecule has 1 aliphatic heterocycles. The minimum absolute atomic E-state index is 0.113. The second kappa shape index (κ2) is 6.01. The molecule has 1 spiro atoms. The number of carbonyl (C=O) groups excluding carboxylic acids is 1. The fraction of sp³-hybridized carbons (Fsp3) is 0.500. The van der Waals surface area contributed by atoms with Crippen LogP contribution in [0.4, 0.5) is 0 Å². The van der Waals surface area contributed by atoms with E-state index in [4.69, 9.17) is 9.84 Å². The minimum Gasteiger partial charge on any atom is -0.478 e. The van der Waals surface area contributed by atoms with Crippen LogP contribution in [-0.2, 0) is 4.74 Å². The molecular formula is C16H18BrNO4. The highest BCUT2D eigenvalue weighted by Crippen LogP contribution is 2.36. The Morgan fingerprint density at radius 1 is 1.18 bits per heavy atom. The maximum absolute atomic E-state index is 12.7. The number of carboxylic acids is 1. The van der Waals surface area contributed by atoms with E-state index in [2.05, 4.69) is 15.9 Å². The Bertz CT molecular complexity index is 610. The summed E-state index contributed by atoms with van der Waals surface area (Å²) in [4.78, 5) is 25.7. The third-order valence-corrected chi connectivity index (χ3v) is 4.90. The van der Waals surface area contributed by atoms with Gasteiger partial charge in [0.2, 0.25) is 0 Å². The second-order valence-electron chi connectivity index (χ2n) is 6.00. The predicted octanol–water partition coefficient (Wildman–Crippen LogP) is 2.93. The number of rotatable bonds is 2. The van der Waals surface area contributed by atoms with Crippen LogP contribution in [0, 0.1) is 0 Å². The third kappa shape index (κ3) is 3.03. The van der Waals surface area contributed by atoms with E-state index in [-0.39, 0.29) is 17.1 Å². The Hall–Kier alpha value is -1.40. The number of halogens is 1. The van der Waals surface area contributed by atoms with Crippen molar-refractivity contribution in [1.29, 1.82) is 0 Å². The molecule has 0 atom stereocenters. The largest absolute Gasteiger partial charge is 0.478 e. The summed E-state index contributed by atoms with van der Waals surface area (Å²) in [6.07, 6.45) is 4.27. The average molecular weight is 368 g/mol. The summed E-state index contributed by atoms with van der Waals surface area (Å²) >= 11 is 3.27. The van der Waals surface area contributed by atoms with E-state index in [0.29, 0.717) is 29.7 Å². The van der Waals surface area contributed by atoms with Crippen LogP contribution in [0.5, 0.6) is 0 Å². The Morgan fingerprint density at radius 2 is 1.86 bits per heavy atom. The van der Waals surface area contributed by atoms with Crippen LogP contribution in [0.15, 0.2) is 22.7 Å². The highest BCUT2D eigenvalue weighted by atomic mass is 79.9. The first kappa shape index (κ1) is 15.5. The summed E-state index contributed by atoms with van der Waals surface area (Å²) in [7, 11) is 0.